The van der Waals surface area contributed by atoms with Gasteiger partial charge in [0.05, 0.1) is 11.3 Å². The Hall–Kier alpha value is -4.00. The molecule has 0 atom stereocenters. The van der Waals surface area contributed by atoms with E-state index in [-0.39, 0.29) is 0 Å². The second-order valence-corrected chi connectivity index (χ2v) is 6.70. The Morgan fingerprint density at radius 2 is 1.76 bits per heavy atom. The van der Waals surface area contributed by atoms with E-state index in [1.165, 1.54) is 0 Å². The summed E-state index contributed by atoms with van der Waals surface area (Å²) in [7, 11) is 1.88. The number of aromatic nitrogens is 6. The largest absolute Gasteiger partial charge is 0.471 e. The molecule has 4 heterocycles. The van der Waals surface area contributed by atoms with E-state index in [2.05, 4.69) is 20.1 Å². The number of pyridine rings is 1. The number of ether oxygens (including phenoxy) is 1. The molecule has 0 fully saturated rings. The van der Waals surface area contributed by atoms with Crippen LogP contribution in [-0.2, 0) is 13.7 Å². The minimum absolute atomic E-state index is 0.433. The topological polar surface area (TPSA) is 70.1 Å². The van der Waals surface area contributed by atoms with Crippen molar-refractivity contribution in [3.05, 3.63) is 85.2 Å². The minimum atomic E-state index is 0.433. The average molecular weight is 382 g/mol. The second kappa shape index (κ2) is 7.20. The number of fused-ring (bicyclic) bond motifs is 1. The molecule has 0 radical (unpaired) electrons. The molecule has 7 heteroatoms. The van der Waals surface area contributed by atoms with E-state index in [1.807, 2.05) is 72.5 Å². The van der Waals surface area contributed by atoms with Crippen LogP contribution in [0.5, 0.6) is 5.88 Å². The Labute approximate surface area is 167 Å². The molecular weight excluding hydrogens is 364 g/mol. The molecule has 4 aromatic heterocycles. The van der Waals surface area contributed by atoms with Gasteiger partial charge in [0.1, 0.15) is 6.61 Å². The van der Waals surface area contributed by atoms with Gasteiger partial charge in [-0.15, -0.1) is 5.10 Å². The number of rotatable bonds is 5. The van der Waals surface area contributed by atoms with Crippen LogP contribution >= 0.6 is 0 Å². The third kappa shape index (κ3) is 3.45. The fourth-order valence-electron chi connectivity index (χ4n) is 3.20. The van der Waals surface area contributed by atoms with E-state index in [4.69, 9.17) is 4.74 Å². The summed E-state index contributed by atoms with van der Waals surface area (Å²) >= 11 is 0. The van der Waals surface area contributed by atoms with E-state index in [9.17, 15) is 0 Å². The molecule has 0 bridgehead atoms. The SMILES string of the molecule is Cn1cc(-c2ccncc2)c(OCc2ccc(-c3cn4cccnc4n3)cc2)n1. The van der Waals surface area contributed by atoms with Crippen molar-refractivity contribution in [2.45, 2.75) is 6.61 Å². The lowest BCUT2D eigenvalue weighted by molar-refractivity contribution is 0.292. The minimum Gasteiger partial charge on any atom is -0.471 e. The molecule has 0 amide bonds. The lowest BCUT2D eigenvalue weighted by Crippen LogP contribution is -1.98. The molecular formula is C22H18N6O. The lowest BCUT2D eigenvalue weighted by atomic mass is 10.1. The van der Waals surface area contributed by atoms with Crippen molar-refractivity contribution in [1.82, 2.24) is 29.1 Å². The van der Waals surface area contributed by atoms with Gasteiger partial charge in [-0.25, -0.2) is 9.97 Å². The van der Waals surface area contributed by atoms with Crippen molar-refractivity contribution >= 4 is 5.78 Å². The fourth-order valence-corrected chi connectivity index (χ4v) is 3.20. The smallest absolute Gasteiger partial charge is 0.241 e. The van der Waals surface area contributed by atoms with Crippen LogP contribution in [0.4, 0.5) is 0 Å². The van der Waals surface area contributed by atoms with E-state index in [1.54, 1.807) is 23.3 Å². The summed E-state index contributed by atoms with van der Waals surface area (Å²) in [6.07, 6.45) is 11.1. The first kappa shape index (κ1) is 17.1. The number of benzene rings is 1. The molecule has 0 aliphatic rings. The molecule has 29 heavy (non-hydrogen) atoms. The van der Waals surface area contributed by atoms with Gasteiger partial charge >= 0.3 is 0 Å². The quantitative estimate of drug-likeness (QED) is 0.463. The van der Waals surface area contributed by atoms with E-state index < -0.39 is 0 Å². The van der Waals surface area contributed by atoms with E-state index >= 15 is 0 Å². The molecule has 142 valence electrons. The molecule has 0 saturated heterocycles. The summed E-state index contributed by atoms with van der Waals surface area (Å²) in [5.74, 6) is 1.29. The Morgan fingerprint density at radius 1 is 0.931 bits per heavy atom. The number of nitrogens with zero attached hydrogens (tertiary/aromatic N) is 6. The zero-order valence-corrected chi connectivity index (χ0v) is 15.8. The Bertz CT molecular complexity index is 1220. The van der Waals surface area contributed by atoms with Crippen molar-refractivity contribution in [3.8, 4) is 28.3 Å². The highest BCUT2D eigenvalue weighted by atomic mass is 16.5. The zero-order chi connectivity index (χ0) is 19.6. The fraction of sp³-hybridized carbons (Fsp3) is 0.0909. The second-order valence-electron chi connectivity index (χ2n) is 6.70. The maximum atomic E-state index is 6.01. The van der Waals surface area contributed by atoms with Crippen LogP contribution in [0.15, 0.2) is 79.6 Å². The summed E-state index contributed by atoms with van der Waals surface area (Å²) in [6.45, 7) is 0.433. The molecule has 0 N–H and O–H groups in total. The Morgan fingerprint density at radius 3 is 2.55 bits per heavy atom. The van der Waals surface area contributed by atoms with Crippen LogP contribution in [0.1, 0.15) is 5.56 Å². The van der Waals surface area contributed by atoms with Crippen LogP contribution in [0.3, 0.4) is 0 Å². The first-order valence-corrected chi connectivity index (χ1v) is 9.22. The van der Waals surface area contributed by atoms with Gasteiger partial charge in [-0.3, -0.25) is 14.1 Å². The average Bonchev–Trinajstić information content (AvgIpc) is 3.36. The maximum Gasteiger partial charge on any atom is 0.241 e. The summed E-state index contributed by atoms with van der Waals surface area (Å²) in [6, 6.07) is 14.0. The van der Waals surface area contributed by atoms with Gasteiger partial charge in [0.25, 0.3) is 0 Å². The Kier molecular flexibility index (Phi) is 4.25. The number of imidazole rings is 1. The van der Waals surface area contributed by atoms with Crippen LogP contribution < -0.4 is 4.74 Å². The van der Waals surface area contributed by atoms with Gasteiger partial charge in [-0.1, -0.05) is 24.3 Å². The van der Waals surface area contributed by atoms with E-state index in [0.29, 0.717) is 18.3 Å². The van der Waals surface area contributed by atoms with Crippen LogP contribution in [0, 0.1) is 0 Å². The van der Waals surface area contributed by atoms with Crippen molar-refractivity contribution in [3.63, 3.8) is 0 Å². The highest BCUT2D eigenvalue weighted by Crippen LogP contribution is 2.28. The van der Waals surface area contributed by atoms with Crippen LogP contribution in [-0.4, -0.2) is 29.1 Å². The number of aryl methyl sites for hydroxylation is 1. The summed E-state index contributed by atoms with van der Waals surface area (Å²) in [4.78, 5) is 12.9. The molecule has 0 aliphatic carbocycles. The number of hydrogen-bond acceptors (Lipinski definition) is 5. The normalized spacial score (nSPS) is 11.1. The van der Waals surface area contributed by atoms with Gasteiger partial charge in [-0.2, -0.15) is 0 Å². The van der Waals surface area contributed by atoms with Crippen LogP contribution in [0.25, 0.3) is 28.2 Å². The molecule has 0 unspecified atom stereocenters. The molecule has 1 aromatic carbocycles. The molecule has 0 spiro atoms. The number of hydrogen-bond donors (Lipinski definition) is 0. The summed E-state index contributed by atoms with van der Waals surface area (Å²) in [5, 5.41) is 4.45. The highest BCUT2D eigenvalue weighted by Gasteiger charge is 2.12. The van der Waals surface area contributed by atoms with E-state index in [0.717, 1.165) is 27.9 Å². The van der Waals surface area contributed by atoms with Crippen LogP contribution in [0.2, 0.25) is 0 Å². The first-order chi connectivity index (χ1) is 14.3. The highest BCUT2D eigenvalue weighted by molar-refractivity contribution is 5.67. The van der Waals surface area contributed by atoms with Gasteiger partial charge in [0.15, 0.2) is 0 Å². The van der Waals surface area contributed by atoms with Gasteiger partial charge in [0, 0.05) is 49.8 Å². The monoisotopic (exact) mass is 382 g/mol. The molecule has 5 aromatic rings. The lowest BCUT2D eigenvalue weighted by Gasteiger charge is -2.06. The maximum absolute atomic E-state index is 6.01. The standard InChI is InChI=1S/C22H18N6O/c1-27-13-19(17-7-10-23-11-8-17)21(26-27)29-15-16-3-5-18(6-4-16)20-14-28-12-2-9-24-22(28)25-20/h2-14H,15H2,1H3. The Balaban J connectivity index is 1.33. The van der Waals surface area contributed by atoms with Gasteiger partial charge in [-0.05, 0) is 29.3 Å². The zero-order valence-electron chi connectivity index (χ0n) is 15.8. The van der Waals surface area contributed by atoms with Crippen molar-refractivity contribution in [1.29, 1.82) is 0 Å². The first-order valence-electron chi connectivity index (χ1n) is 9.22. The van der Waals surface area contributed by atoms with Crippen molar-refractivity contribution in [2.24, 2.45) is 7.05 Å². The van der Waals surface area contributed by atoms with Gasteiger partial charge < -0.3 is 4.74 Å². The molecule has 0 aliphatic heterocycles. The summed E-state index contributed by atoms with van der Waals surface area (Å²) in [5.41, 5.74) is 4.96. The van der Waals surface area contributed by atoms with Crippen molar-refractivity contribution in [2.75, 3.05) is 0 Å². The third-order valence-corrected chi connectivity index (χ3v) is 4.65. The molecule has 0 saturated carbocycles. The predicted molar refractivity (Wildman–Crippen MR) is 109 cm³/mol. The molecule has 7 nitrogen and oxygen atoms in total. The van der Waals surface area contributed by atoms with Crippen molar-refractivity contribution < 1.29 is 4.74 Å². The molecule has 5 rings (SSSR count). The third-order valence-electron chi connectivity index (χ3n) is 4.65. The predicted octanol–water partition coefficient (Wildman–Crippen LogP) is 3.77. The summed E-state index contributed by atoms with van der Waals surface area (Å²) < 4.78 is 9.68. The van der Waals surface area contributed by atoms with Gasteiger partial charge in [0.2, 0.25) is 11.7 Å².